The molecule has 0 radical (unpaired) electrons. The van der Waals surface area contributed by atoms with Crippen LogP contribution in [0.15, 0.2) is 24.3 Å². The quantitative estimate of drug-likeness (QED) is 0.757. The molecule has 0 fully saturated rings. The van der Waals surface area contributed by atoms with Gasteiger partial charge in [0.15, 0.2) is 0 Å². The Balaban J connectivity index is 2.08. The average molecular weight is 229 g/mol. The van der Waals surface area contributed by atoms with Gasteiger partial charge in [-0.1, -0.05) is 24.3 Å². The van der Waals surface area contributed by atoms with Crippen LogP contribution in [0.25, 0.3) is 0 Å². The minimum absolute atomic E-state index is 0.0487. The van der Waals surface area contributed by atoms with Gasteiger partial charge in [-0.15, -0.1) is 0 Å². The standard InChI is InChI=1S/C13H15N3O/c14-7-3-8-16-13(17)12-11-5-2-1-4-10(11)6-9-15-12/h1-2,4-5,12,15H,3,6,8-9H2,(H,16,17). The average Bonchev–Trinajstić information content (AvgIpc) is 2.38. The monoisotopic (exact) mass is 229 g/mol. The molecule has 1 aromatic rings. The maximum atomic E-state index is 12.0. The summed E-state index contributed by atoms with van der Waals surface area (Å²) in [6.07, 6.45) is 1.30. The van der Waals surface area contributed by atoms with Crippen LogP contribution in [0.1, 0.15) is 23.6 Å². The topological polar surface area (TPSA) is 64.9 Å². The first-order valence-electron chi connectivity index (χ1n) is 5.79. The van der Waals surface area contributed by atoms with E-state index in [9.17, 15) is 4.79 Å². The zero-order valence-corrected chi connectivity index (χ0v) is 9.57. The van der Waals surface area contributed by atoms with Crippen LogP contribution >= 0.6 is 0 Å². The number of hydrogen-bond acceptors (Lipinski definition) is 3. The largest absolute Gasteiger partial charge is 0.353 e. The van der Waals surface area contributed by atoms with Gasteiger partial charge in [-0.25, -0.2) is 0 Å². The van der Waals surface area contributed by atoms with Crippen LogP contribution in [-0.4, -0.2) is 19.0 Å². The molecule has 0 spiro atoms. The Kier molecular flexibility index (Phi) is 3.73. The zero-order valence-electron chi connectivity index (χ0n) is 9.57. The summed E-state index contributed by atoms with van der Waals surface area (Å²) in [5.74, 6) is -0.0487. The van der Waals surface area contributed by atoms with E-state index in [1.165, 1.54) is 5.56 Å². The van der Waals surface area contributed by atoms with Gasteiger partial charge in [-0.3, -0.25) is 4.79 Å². The molecule has 1 heterocycles. The summed E-state index contributed by atoms with van der Waals surface area (Å²) in [7, 11) is 0. The molecule has 0 bridgehead atoms. The summed E-state index contributed by atoms with van der Waals surface area (Å²) in [6, 6.07) is 9.72. The normalized spacial score (nSPS) is 17.9. The number of hydrogen-bond donors (Lipinski definition) is 2. The second-order valence-electron chi connectivity index (χ2n) is 4.04. The first-order chi connectivity index (χ1) is 8.33. The lowest BCUT2D eigenvalue weighted by molar-refractivity contribution is -0.123. The van der Waals surface area contributed by atoms with E-state index < -0.39 is 0 Å². The van der Waals surface area contributed by atoms with Gasteiger partial charge in [0.05, 0.1) is 12.5 Å². The van der Waals surface area contributed by atoms with E-state index in [1.807, 2.05) is 24.3 Å². The fourth-order valence-electron chi connectivity index (χ4n) is 2.08. The molecule has 17 heavy (non-hydrogen) atoms. The van der Waals surface area contributed by atoms with Crippen LogP contribution in [-0.2, 0) is 11.2 Å². The van der Waals surface area contributed by atoms with E-state index in [4.69, 9.17) is 5.26 Å². The maximum absolute atomic E-state index is 12.0. The number of fused-ring (bicyclic) bond motifs is 1. The number of nitrogens with one attached hydrogen (secondary N) is 2. The fraction of sp³-hybridized carbons (Fsp3) is 0.385. The number of amides is 1. The van der Waals surface area contributed by atoms with Crippen LogP contribution in [0.5, 0.6) is 0 Å². The Hall–Kier alpha value is -1.86. The summed E-state index contributed by atoms with van der Waals surface area (Å²) in [4.78, 5) is 12.0. The molecule has 2 rings (SSSR count). The van der Waals surface area contributed by atoms with Crippen molar-refractivity contribution in [1.82, 2.24) is 10.6 Å². The Morgan fingerprint density at radius 3 is 3.18 bits per heavy atom. The van der Waals surface area contributed by atoms with E-state index in [2.05, 4.69) is 16.7 Å². The number of nitrogens with zero attached hydrogens (tertiary/aromatic N) is 1. The summed E-state index contributed by atoms with van der Waals surface area (Å²) in [5.41, 5.74) is 2.28. The van der Waals surface area contributed by atoms with Gasteiger partial charge >= 0.3 is 0 Å². The zero-order chi connectivity index (χ0) is 12.1. The van der Waals surface area contributed by atoms with Crippen molar-refractivity contribution >= 4 is 5.91 Å². The summed E-state index contributed by atoms with van der Waals surface area (Å²) in [5, 5.41) is 14.4. The van der Waals surface area contributed by atoms with Crippen LogP contribution in [0.3, 0.4) is 0 Å². The Labute approximate surface area is 101 Å². The minimum Gasteiger partial charge on any atom is -0.353 e. The maximum Gasteiger partial charge on any atom is 0.241 e. The third-order valence-electron chi connectivity index (χ3n) is 2.91. The van der Waals surface area contributed by atoms with Crippen LogP contribution in [0.4, 0.5) is 0 Å². The van der Waals surface area contributed by atoms with Crippen molar-refractivity contribution in [3.05, 3.63) is 35.4 Å². The minimum atomic E-state index is -0.279. The molecule has 4 heteroatoms. The number of benzene rings is 1. The molecule has 88 valence electrons. The molecule has 4 nitrogen and oxygen atoms in total. The highest BCUT2D eigenvalue weighted by Gasteiger charge is 2.24. The van der Waals surface area contributed by atoms with E-state index in [0.717, 1.165) is 18.5 Å². The molecule has 1 unspecified atom stereocenters. The van der Waals surface area contributed by atoms with Crippen molar-refractivity contribution in [2.75, 3.05) is 13.1 Å². The van der Waals surface area contributed by atoms with Gasteiger partial charge < -0.3 is 10.6 Å². The molecular weight excluding hydrogens is 214 g/mol. The van der Waals surface area contributed by atoms with Crippen molar-refractivity contribution in [3.63, 3.8) is 0 Å². The second kappa shape index (κ2) is 5.46. The molecule has 0 saturated heterocycles. The van der Waals surface area contributed by atoms with Crippen LogP contribution in [0.2, 0.25) is 0 Å². The Bertz CT molecular complexity index is 450. The highest BCUT2D eigenvalue weighted by atomic mass is 16.2. The van der Waals surface area contributed by atoms with Gasteiger partial charge in [-0.2, -0.15) is 5.26 Å². The molecule has 1 atom stereocenters. The van der Waals surface area contributed by atoms with Gasteiger partial charge in [-0.05, 0) is 17.5 Å². The van der Waals surface area contributed by atoms with Crippen LogP contribution < -0.4 is 10.6 Å². The number of carbonyl (C=O) groups is 1. The van der Waals surface area contributed by atoms with Gasteiger partial charge in [0.25, 0.3) is 0 Å². The fourth-order valence-corrected chi connectivity index (χ4v) is 2.08. The third kappa shape index (κ3) is 2.63. The molecular formula is C13H15N3O. The van der Waals surface area contributed by atoms with Crippen LogP contribution in [0, 0.1) is 11.3 Å². The lowest BCUT2D eigenvalue weighted by Gasteiger charge is -2.25. The molecule has 1 aliphatic rings. The highest BCUT2D eigenvalue weighted by Crippen LogP contribution is 2.22. The lowest BCUT2D eigenvalue weighted by Crippen LogP contribution is -2.41. The molecule has 1 aliphatic heterocycles. The predicted molar refractivity (Wildman–Crippen MR) is 64.1 cm³/mol. The van der Waals surface area contributed by atoms with Crippen molar-refractivity contribution in [2.45, 2.75) is 18.9 Å². The Morgan fingerprint density at radius 2 is 2.35 bits per heavy atom. The number of carbonyl (C=O) groups excluding carboxylic acids is 1. The van der Waals surface area contributed by atoms with Gasteiger partial charge in [0.2, 0.25) is 5.91 Å². The predicted octanol–water partition coefficient (Wildman–Crippen LogP) is 0.903. The Morgan fingerprint density at radius 1 is 1.53 bits per heavy atom. The molecule has 0 aliphatic carbocycles. The molecule has 2 N–H and O–H groups in total. The third-order valence-corrected chi connectivity index (χ3v) is 2.91. The molecule has 0 saturated carbocycles. The second-order valence-corrected chi connectivity index (χ2v) is 4.04. The molecule has 0 aromatic heterocycles. The van der Waals surface area contributed by atoms with Crippen molar-refractivity contribution in [1.29, 1.82) is 5.26 Å². The number of nitriles is 1. The SMILES string of the molecule is N#CCCNC(=O)C1NCCc2ccccc21. The van der Waals surface area contributed by atoms with E-state index in [1.54, 1.807) is 0 Å². The van der Waals surface area contributed by atoms with Crippen molar-refractivity contribution < 1.29 is 4.79 Å². The van der Waals surface area contributed by atoms with E-state index in [-0.39, 0.29) is 11.9 Å². The first-order valence-corrected chi connectivity index (χ1v) is 5.79. The van der Waals surface area contributed by atoms with E-state index in [0.29, 0.717) is 13.0 Å². The van der Waals surface area contributed by atoms with Gasteiger partial charge in [0, 0.05) is 13.1 Å². The lowest BCUT2D eigenvalue weighted by atomic mass is 9.94. The van der Waals surface area contributed by atoms with Crippen molar-refractivity contribution in [3.8, 4) is 6.07 Å². The summed E-state index contributed by atoms with van der Waals surface area (Å²) in [6.45, 7) is 1.23. The summed E-state index contributed by atoms with van der Waals surface area (Å²) >= 11 is 0. The molecule has 1 amide bonds. The van der Waals surface area contributed by atoms with E-state index >= 15 is 0 Å². The molecule has 1 aromatic carbocycles. The highest BCUT2D eigenvalue weighted by molar-refractivity contribution is 5.83. The smallest absolute Gasteiger partial charge is 0.241 e. The first kappa shape index (κ1) is 11.6. The number of rotatable bonds is 3. The van der Waals surface area contributed by atoms with Crippen molar-refractivity contribution in [2.24, 2.45) is 0 Å². The van der Waals surface area contributed by atoms with Gasteiger partial charge in [0.1, 0.15) is 6.04 Å². The summed E-state index contributed by atoms with van der Waals surface area (Å²) < 4.78 is 0.